The van der Waals surface area contributed by atoms with Crippen molar-refractivity contribution in [2.45, 2.75) is 27.1 Å². The van der Waals surface area contributed by atoms with Gasteiger partial charge in [0.2, 0.25) is 0 Å². The molecule has 0 aliphatic rings. The summed E-state index contributed by atoms with van der Waals surface area (Å²) in [4.78, 5) is 0. The van der Waals surface area contributed by atoms with E-state index in [0.717, 1.165) is 11.1 Å². The molecular weight excluding hydrogens is 288 g/mol. The number of hydrogen-bond acceptors (Lipinski definition) is 4. The molecule has 0 heterocycles. The van der Waals surface area contributed by atoms with E-state index in [2.05, 4.69) is 11.4 Å². The molecule has 0 unspecified atom stereocenters. The van der Waals surface area contributed by atoms with Crippen LogP contribution in [0.4, 0.5) is 0 Å². The Morgan fingerprint density at radius 3 is 2.62 bits per heavy atom. The Kier molecular flexibility index (Phi) is 7.84. The van der Waals surface area contributed by atoms with Crippen LogP contribution in [0.25, 0.3) is 5.70 Å². The second kappa shape index (κ2) is 9.41. The van der Waals surface area contributed by atoms with E-state index in [1.165, 1.54) is 6.08 Å². The van der Waals surface area contributed by atoms with Crippen molar-refractivity contribution < 1.29 is 9.47 Å². The van der Waals surface area contributed by atoms with E-state index in [-0.39, 0.29) is 6.29 Å². The summed E-state index contributed by atoms with van der Waals surface area (Å²) in [6.45, 7) is 7.40. The van der Waals surface area contributed by atoms with Gasteiger partial charge in [-0.1, -0.05) is 17.7 Å². The highest BCUT2D eigenvalue weighted by molar-refractivity contribution is 6.30. The fourth-order valence-electron chi connectivity index (χ4n) is 1.90. The van der Waals surface area contributed by atoms with Crippen LogP contribution >= 0.6 is 11.6 Å². The summed E-state index contributed by atoms with van der Waals surface area (Å²) in [6.07, 6.45) is 1.12. The van der Waals surface area contributed by atoms with E-state index in [1.807, 2.05) is 39.0 Å². The number of ether oxygens (including phenoxy) is 2. The van der Waals surface area contributed by atoms with Gasteiger partial charge in [-0.25, -0.2) is 0 Å². The standard InChI is InChI=1S/C16H21ClN2O2/c1-4-20-16(21-5-2)11-19-15(8-9-18)14-10-13(17)7-6-12(14)3/h6-8,10,16,19H,4-5,11H2,1-3H3/b15-8+. The first-order valence-electron chi connectivity index (χ1n) is 6.95. The largest absolute Gasteiger partial charge is 0.379 e. The van der Waals surface area contributed by atoms with Gasteiger partial charge < -0.3 is 14.8 Å². The smallest absolute Gasteiger partial charge is 0.174 e. The number of halogens is 1. The number of nitrogens with one attached hydrogen (secondary N) is 1. The third-order valence-corrected chi connectivity index (χ3v) is 3.10. The van der Waals surface area contributed by atoms with Gasteiger partial charge in [-0.3, -0.25) is 0 Å². The molecule has 5 heteroatoms. The average molecular weight is 309 g/mol. The highest BCUT2D eigenvalue weighted by Crippen LogP contribution is 2.21. The van der Waals surface area contributed by atoms with Crippen LogP contribution in [0.2, 0.25) is 5.02 Å². The third-order valence-electron chi connectivity index (χ3n) is 2.86. The Hall–Kier alpha value is -1.54. The molecule has 1 N–H and O–H groups in total. The maximum atomic E-state index is 8.97. The first-order chi connectivity index (χ1) is 10.1. The zero-order chi connectivity index (χ0) is 15.7. The van der Waals surface area contributed by atoms with Gasteiger partial charge in [-0.05, 0) is 38.5 Å². The summed E-state index contributed by atoms with van der Waals surface area (Å²) in [5, 5.41) is 12.8. The Morgan fingerprint density at radius 2 is 2.05 bits per heavy atom. The quantitative estimate of drug-likeness (QED) is 0.590. The van der Waals surface area contributed by atoms with Crippen molar-refractivity contribution in [3.8, 4) is 6.07 Å². The van der Waals surface area contributed by atoms with Crippen LogP contribution in [-0.4, -0.2) is 26.0 Å². The van der Waals surface area contributed by atoms with Gasteiger partial charge in [0.05, 0.1) is 18.3 Å². The highest BCUT2D eigenvalue weighted by Gasteiger charge is 2.11. The van der Waals surface area contributed by atoms with Crippen molar-refractivity contribution in [3.63, 3.8) is 0 Å². The number of hydrogen-bond donors (Lipinski definition) is 1. The summed E-state index contributed by atoms with van der Waals surface area (Å²) in [7, 11) is 0. The summed E-state index contributed by atoms with van der Waals surface area (Å²) in [5.74, 6) is 0. The molecule has 114 valence electrons. The van der Waals surface area contributed by atoms with Crippen LogP contribution in [-0.2, 0) is 9.47 Å². The molecule has 4 nitrogen and oxygen atoms in total. The fraction of sp³-hybridized carbons (Fsp3) is 0.438. The molecule has 1 aromatic rings. The highest BCUT2D eigenvalue weighted by atomic mass is 35.5. The van der Waals surface area contributed by atoms with Crippen LogP contribution in [0.5, 0.6) is 0 Å². The summed E-state index contributed by atoms with van der Waals surface area (Å²) in [5.41, 5.74) is 2.65. The zero-order valence-corrected chi connectivity index (χ0v) is 13.4. The minimum atomic E-state index is -0.346. The van der Waals surface area contributed by atoms with E-state index in [9.17, 15) is 0 Å². The van der Waals surface area contributed by atoms with Gasteiger partial charge in [0.25, 0.3) is 0 Å². The molecule has 0 bridgehead atoms. The third kappa shape index (κ3) is 5.76. The minimum Gasteiger partial charge on any atom is -0.379 e. The Labute approximate surface area is 131 Å². The number of nitrogens with zero attached hydrogens (tertiary/aromatic N) is 1. The predicted octanol–water partition coefficient (Wildman–Crippen LogP) is 3.50. The first-order valence-corrected chi connectivity index (χ1v) is 7.33. The van der Waals surface area contributed by atoms with Crippen molar-refractivity contribution in [1.29, 1.82) is 5.26 Å². The van der Waals surface area contributed by atoms with Gasteiger partial charge in [0, 0.05) is 29.9 Å². The van der Waals surface area contributed by atoms with E-state index in [1.54, 1.807) is 0 Å². The molecule has 0 atom stereocenters. The van der Waals surface area contributed by atoms with E-state index in [4.69, 9.17) is 26.3 Å². The van der Waals surface area contributed by atoms with Crippen LogP contribution in [0.1, 0.15) is 25.0 Å². The zero-order valence-electron chi connectivity index (χ0n) is 12.6. The monoisotopic (exact) mass is 308 g/mol. The van der Waals surface area contributed by atoms with Crippen molar-refractivity contribution in [1.82, 2.24) is 5.32 Å². The van der Waals surface area contributed by atoms with Crippen molar-refractivity contribution in [2.24, 2.45) is 0 Å². The number of aryl methyl sites for hydroxylation is 1. The first kappa shape index (κ1) is 17.5. The maximum Gasteiger partial charge on any atom is 0.174 e. The molecule has 0 saturated carbocycles. The molecule has 21 heavy (non-hydrogen) atoms. The van der Waals surface area contributed by atoms with Crippen molar-refractivity contribution in [2.75, 3.05) is 19.8 Å². The molecule has 0 fully saturated rings. The lowest BCUT2D eigenvalue weighted by atomic mass is 10.1. The van der Waals surface area contributed by atoms with E-state index >= 15 is 0 Å². The lowest BCUT2D eigenvalue weighted by Crippen LogP contribution is -2.31. The molecule has 0 amide bonds. The number of rotatable bonds is 8. The van der Waals surface area contributed by atoms with Gasteiger partial charge in [-0.2, -0.15) is 5.26 Å². The van der Waals surface area contributed by atoms with E-state index < -0.39 is 0 Å². The van der Waals surface area contributed by atoms with Gasteiger partial charge in [-0.15, -0.1) is 0 Å². The van der Waals surface area contributed by atoms with Gasteiger partial charge in [0.15, 0.2) is 6.29 Å². The molecule has 0 spiro atoms. The summed E-state index contributed by atoms with van der Waals surface area (Å²) >= 11 is 6.04. The van der Waals surface area contributed by atoms with Crippen LogP contribution in [0, 0.1) is 18.3 Å². The molecular formula is C16H21ClN2O2. The van der Waals surface area contributed by atoms with Crippen LogP contribution in [0.3, 0.4) is 0 Å². The summed E-state index contributed by atoms with van der Waals surface area (Å²) in [6, 6.07) is 7.64. The minimum absolute atomic E-state index is 0.346. The second-order valence-electron chi connectivity index (χ2n) is 4.37. The topological polar surface area (TPSA) is 54.3 Å². The normalized spacial score (nSPS) is 11.5. The maximum absolute atomic E-state index is 8.97. The molecule has 0 aromatic heterocycles. The van der Waals surface area contributed by atoms with Crippen LogP contribution < -0.4 is 5.32 Å². The predicted molar refractivity (Wildman–Crippen MR) is 84.8 cm³/mol. The lowest BCUT2D eigenvalue weighted by Gasteiger charge is -2.20. The van der Waals surface area contributed by atoms with E-state index in [0.29, 0.717) is 30.5 Å². The lowest BCUT2D eigenvalue weighted by molar-refractivity contribution is -0.131. The number of benzene rings is 1. The SMILES string of the molecule is CCOC(CN/C(=C/C#N)c1cc(Cl)ccc1C)OCC. The van der Waals surface area contributed by atoms with Gasteiger partial charge in [0.1, 0.15) is 0 Å². The molecule has 0 radical (unpaired) electrons. The fourth-order valence-corrected chi connectivity index (χ4v) is 2.08. The molecule has 0 aliphatic heterocycles. The number of nitriles is 1. The molecule has 0 saturated heterocycles. The second-order valence-corrected chi connectivity index (χ2v) is 4.80. The molecule has 0 aliphatic carbocycles. The van der Waals surface area contributed by atoms with Crippen LogP contribution in [0.15, 0.2) is 24.3 Å². The van der Waals surface area contributed by atoms with Crippen molar-refractivity contribution in [3.05, 3.63) is 40.4 Å². The Bertz CT molecular complexity index is 517. The molecule has 1 aromatic carbocycles. The Morgan fingerprint density at radius 1 is 1.38 bits per heavy atom. The number of allylic oxidation sites excluding steroid dienone is 1. The van der Waals surface area contributed by atoms with Crippen molar-refractivity contribution >= 4 is 17.3 Å². The summed E-state index contributed by atoms with van der Waals surface area (Å²) < 4.78 is 11.0. The Balaban J connectivity index is 2.86. The molecule has 1 rings (SSSR count). The van der Waals surface area contributed by atoms with Gasteiger partial charge >= 0.3 is 0 Å². The average Bonchev–Trinajstić information content (AvgIpc) is 2.46.